The number of halogens is 1. The van der Waals surface area contributed by atoms with Crippen LogP contribution >= 0.6 is 0 Å². The zero-order chi connectivity index (χ0) is 25.5. The molecule has 0 radical (unpaired) electrons. The Labute approximate surface area is 218 Å². The van der Waals surface area contributed by atoms with Crippen LogP contribution in [-0.2, 0) is 6.42 Å². The van der Waals surface area contributed by atoms with E-state index in [1.165, 1.54) is 30.5 Å². The van der Waals surface area contributed by atoms with Gasteiger partial charge in [-0.1, -0.05) is 18.2 Å². The van der Waals surface area contributed by atoms with Crippen molar-refractivity contribution in [2.24, 2.45) is 5.92 Å². The summed E-state index contributed by atoms with van der Waals surface area (Å²) in [6, 6.07) is 16.9. The molecule has 1 fully saturated rings. The molecule has 0 unspecified atom stereocenters. The van der Waals surface area contributed by atoms with Gasteiger partial charge in [-0.05, 0) is 91.4 Å². The van der Waals surface area contributed by atoms with Gasteiger partial charge in [-0.15, -0.1) is 0 Å². The number of pyridine rings is 2. The fourth-order valence-electron chi connectivity index (χ4n) is 5.47. The number of hydrogen-bond donors (Lipinski definition) is 3. The first-order valence-corrected chi connectivity index (χ1v) is 13.0. The molecule has 1 aliphatic rings. The minimum atomic E-state index is -0.285. The summed E-state index contributed by atoms with van der Waals surface area (Å²) in [4.78, 5) is 17.1. The summed E-state index contributed by atoms with van der Waals surface area (Å²) in [5.74, 6) is 1.03. The lowest BCUT2D eigenvalue weighted by Crippen LogP contribution is -2.28. The van der Waals surface area contributed by atoms with E-state index in [1.54, 1.807) is 12.3 Å². The molecule has 7 rings (SSSR count). The van der Waals surface area contributed by atoms with Crippen molar-refractivity contribution < 1.29 is 4.39 Å². The topological polar surface area (TPSA) is 95.2 Å². The third kappa shape index (κ3) is 4.22. The smallest absolute Gasteiger partial charge is 0.178 e. The van der Waals surface area contributed by atoms with Crippen LogP contribution in [0.3, 0.4) is 0 Å². The van der Waals surface area contributed by atoms with Gasteiger partial charge in [-0.2, -0.15) is 5.10 Å². The summed E-state index contributed by atoms with van der Waals surface area (Å²) in [5, 5.41) is 12.1. The molecule has 0 amide bonds. The van der Waals surface area contributed by atoms with E-state index < -0.39 is 0 Å². The lowest BCUT2D eigenvalue weighted by Gasteiger charge is -2.22. The van der Waals surface area contributed by atoms with E-state index in [2.05, 4.69) is 48.7 Å². The van der Waals surface area contributed by atoms with Crippen molar-refractivity contribution in [3.63, 3.8) is 0 Å². The van der Waals surface area contributed by atoms with Crippen LogP contribution in [0, 0.1) is 11.7 Å². The predicted octanol–water partition coefficient (Wildman–Crippen LogP) is 5.91. The lowest BCUT2D eigenvalue weighted by molar-refractivity contribution is 0.372. The predicted molar refractivity (Wildman–Crippen MR) is 147 cm³/mol. The lowest BCUT2D eigenvalue weighted by atomic mass is 9.91. The summed E-state index contributed by atoms with van der Waals surface area (Å²) in [6.07, 6.45) is 9.08. The van der Waals surface area contributed by atoms with Crippen LogP contribution in [0.2, 0.25) is 0 Å². The number of piperidine rings is 1. The number of benzene rings is 2. The number of aromatic nitrogens is 6. The first-order chi connectivity index (χ1) is 18.7. The Bertz CT molecular complexity index is 1760. The molecule has 38 heavy (non-hydrogen) atoms. The molecule has 5 heterocycles. The minimum Gasteiger partial charge on any atom is -0.335 e. The van der Waals surface area contributed by atoms with E-state index in [1.807, 2.05) is 30.6 Å². The Balaban J connectivity index is 1.26. The molecule has 4 aromatic heterocycles. The maximum Gasteiger partial charge on any atom is 0.178 e. The fourth-order valence-corrected chi connectivity index (χ4v) is 5.47. The maximum absolute atomic E-state index is 13.9. The van der Waals surface area contributed by atoms with Gasteiger partial charge in [-0.25, -0.2) is 14.4 Å². The van der Waals surface area contributed by atoms with E-state index in [0.717, 1.165) is 58.2 Å². The minimum absolute atomic E-state index is 0.285. The summed E-state index contributed by atoms with van der Waals surface area (Å²) in [5.41, 5.74) is 7.98. The number of hydrogen-bond acceptors (Lipinski definition) is 5. The summed E-state index contributed by atoms with van der Waals surface area (Å²) in [6.45, 7) is 2.19. The van der Waals surface area contributed by atoms with Gasteiger partial charge < -0.3 is 10.3 Å². The second-order valence-electron chi connectivity index (χ2n) is 9.96. The summed E-state index contributed by atoms with van der Waals surface area (Å²) < 4.78 is 13.9. The molecule has 8 heteroatoms. The molecule has 0 saturated carbocycles. The van der Waals surface area contributed by atoms with E-state index in [4.69, 9.17) is 4.98 Å². The number of H-pyrrole nitrogens is 2. The van der Waals surface area contributed by atoms with E-state index in [9.17, 15) is 4.39 Å². The number of imidazole rings is 1. The third-order valence-electron chi connectivity index (χ3n) is 7.43. The first kappa shape index (κ1) is 22.7. The summed E-state index contributed by atoms with van der Waals surface area (Å²) >= 11 is 0. The quantitative estimate of drug-likeness (QED) is 0.272. The standard InChI is InChI=1S/C30H26FN7/c31-23-3-1-2-21(14-23)24-8-11-34-29-27(24)35-30(36-29)28-25-15-20(4-5-26(25)37-38-28)22-13-19(16-33-17-22)12-18-6-9-32-10-7-18/h1-5,8,11,13-18,32H,6-7,9-10,12H2,(H,37,38)(H,34,35,36). The Morgan fingerprint density at radius 1 is 0.921 bits per heavy atom. The molecule has 6 aromatic rings. The Morgan fingerprint density at radius 3 is 2.74 bits per heavy atom. The maximum atomic E-state index is 13.9. The molecule has 1 saturated heterocycles. The van der Waals surface area contributed by atoms with Crippen molar-refractivity contribution in [1.29, 1.82) is 0 Å². The zero-order valence-electron chi connectivity index (χ0n) is 20.7. The Morgan fingerprint density at radius 2 is 1.84 bits per heavy atom. The summed E-state index contributed by atoms with van der Waals surface area (Å²) in [7, 11) is 0. The monoisotopic (exact) mass is 503 g/mol. The van der Waals surface area contributed by atoms with Crippen molar-refractivity contribution >= 4 is 22.1 Å². The van der Waals surface area contributed by atoms with Gasteiger partial charge in [0.1, 0.15) is 11.5 Å². The van der Waals surface area contributed by atoms with Gasteiger partial charge in [0.2, 0.25) is 0 Å². The number of nitrogens with zero attached hydrogens (tertiary/aromatic N) is 4. The SMILES string of the molecule is Fc1cccc(-c2ccnc3nc(-c4n[nH]c5ccc(-c6cncc(CC7CCNCC7)c6)cc45)[nH]c23)c1. The van der Waals surface area contributed by atoms with Gasteiger partial charge in [0.15, 0.2) is 11.5 Å². The molecule has 1 aliphatic heterocycles. The first-order valence-electron chi connectivity index (χ1n) is 13.0. The van der Waals surface area contributed by atoms with Crippen molar-refractivity contribution in [3.05, 3.63) is 84.6 Å². The molecule has 0 spiro atoms. The molecular weight excluding hydrogens is 477 g/mol. The highest BCUT2D eigenvalue weighted by Gasteiger charge is 2.17. The Hall–Kier alpha value is -4.43. The Kier molecular flexibility index (Phi) is 5.66. The molecule has 7 nitrogen and oxygen atoms in total. The van der Waals surface area contributed by atoms with Gasteiger partial charge in [-0.3, -0.25) is 10.1 Å². The largest absolute Gasteiger partial charge is 0.335 e. The van der Waals surface area contributed by atoms with Crippen LogP contribution in [0.5, 0.6) is 0 Å². The molecule has 0 atom stereocenters. The second kappa shape index (κ2) is 9.46. The van der Waals surface area contributed by atoms with Crippen molar-refractivity contribution in [2.75, 3.05) is 13.1 Å². The van der Waals surface area contributed by atoms with Crippen molar-refractivity contribution in [3.8, 4) is 33.8 Å². The highest BCUT2D eigenvalue weighted by molar-refractivity contribution is 5.97. The molecule has 0 aliphatic carbocycles. The van der Waals surface area contributed by atoms with Crippen LogP contribution in [0.25, 0.3) is 55.8 Å². The average Bonchev–Trinajstić information content (AvgIpc) is 3.57. The van der Waals surface area contributed by atoms with Crippen molar-refractivity contribution in [1.82, 2.24) is 35.5 Å². The van der Waals surface area contributed by atoms with E-state index in [-0.39, 0.29) is 5.82 Å². The number of fused-ring (bicyclic) bond motifs is 2. The van der Waals surface area contributed by atoms with Crippen molar-refractivity contribution in [2.45, 2.75) is 19.3 Å². The second-order valence-corrected chi connectivity index (χ2v) is 9.96. The van der Waals surface area contributed by atoms with E-state index >= 15 is 0 Å². The normalized spacial score (nSPS) is 14.4. The van der Waals surface area contributed by atoms with E-state index in [0.29, 0.717) is 23.1 Å². The van der Waals surface area contributed by atoms with Gasteiger partial charge in [0, 0.05) is 35.1 Å². The molecule has 2 aromatic carbocycles. The fraction of sp³-hybridized carbons (Fsp3) is 0.200. The third-order valence-corrected chi connectivity index (χ3v) is 7.43. The van der Waals surface area contributed by atoms with Crippen LogP contribution in [-0.4, -0.2) is 43.2 Å². The highest BCUT2D eigenvalue weighted by Crippen LogP contribution is 2.33. The van der Waals surface area contributed by atoms with Gasteiger partial charge in [0.25, 0.3) is 0 Å². The number of rotatable bonds is 5. The van der Waals surface area contributed by atoms with Crippen LogP contribution < -0.4 is 5.32 Å². The zero-order valence-corrected chi connectivity index (χ0v) is 20.7. The molecule has 3 N–H and O–H groups in total. The number of nitrogens with one attached hydrogen (secondary N) is 3. The molecule has 0 bridgehead atoms. The van der Waals surface area contributed by atoms with Gasteiger partial charge >= 0.3 is 0 Å². The number of aromatic amines is 2. The molecule has 188 valence electrons. The van der Waals surface area contributed by atoms with Crippen LogP contribution in [0.15, 0.2) is 73.2 Å². The highest BCUT2D eigenvalue weighted by atomic mass is 19.1. The van der Waals surface area contributed by atoms with Crippen LogP contribution in [0.1, 0.15) is 18.4 Å². The van der Waals surface area contributed by atoms with Crippen LogP contribution in [0.4, 0.5) is 4.39 Å². The molecular formula is C30H26FN7. The van der Waals surface area contributed by atoms with Gasteiger partial charge in [0.05, 0.1) is 11.0 Å². The average molecular weight is 504 g/mol.